The number of nitrogens with one attached hydrogen (secondary N) is 2. The molecule has 0 saturated carbocycles. The molecule has 0 aliphatic rings. The smallest absolute Gasteiger partial charge is 0.326 e. The number of aromatic hydroxyl groups is 1. The van der Waals surface area contributed by atoms with Crippen molar-refractivity contribution in [2.75, 3.05) is 6.54 Å². The number of phenolic OH excluding ortho intramolecular Hbond substituents is 1. The molecular formula is C15H20N4O6. The highest BCUT2D eigenvalue weighted by molar-refractivity contribution is 5.91. The molecule has 10 nitrogen and oxygen atoms in total. The second-order valence-corrected chi connectivity index (χ2v) is 5.32. The number of carbonyl (C=O) groups excluding carboxylic acids is 3. The van der Waals surface area contributed by atoms with Crippen LogP contribution in [-0.4, -0.2) is 52.5 Å². The Labute approximate surface area is 143 Å². The van der Waals surface area contributed by atoms with Crippen LogP contribution < -0.4 is 22.1 Å². The molecule has 25 heavy (non-hydrogen) atoms. The van der Waals surface area contributed by atoms with Crippen LogP contribution in [0.15, 0.2) is 24.3 Å². The van der Waals surface area contributed by atoms with E-state index in [0.717, 1.165) is 5.56 Å². The maximum atomic E-state index is 11.9. The Morgan fingerprint density at radius 2 is 1.72 bits per heavy atom. The number of carbonyl (C=O) groups is 4. The summed E-state index contributed by atoms with van der Waals surface area (Å²) in [4.78, 5) is 45.2. The predicted molar refractivity (Wildman–Crippen MR) is 86.2 cm³/mol. The van der Waals surface area contributed by atoms with Gasteiger partial charge in [-0.1, -0.05) is 12.1 Å². The SMILES string of the molecule is NC(=O)CC(NC(=O)CNC(=O)C(N)Cc1ccc(O)cc1)C(=O)O. The lowest BCUT2D eigenvalue weighted by Crippen LogP contribution is -2.49. The van der Waals surface area contributed by atoms with Crippen LogP contribution in [0.1, 0.15) is 12.0 Å². The molecule has 0 fully saturated rings. The van der Waals surface area contributed by atoms with Crippen molar-refractivity contribution >= 4 is 23.7 Å². The molecular weight excluding hydrogens is 332 g/mol. The summed E-state index contributed by atoms with van der Waals surface area (Å²) in [6.07, 6.45) is -0.372. The maximum absolute atomic E-state index is 11.9. The summed E-state index contributed by atoms with van der Waals surface area (Å²) in [5.74, 6) is -3.61. The predicted octanol–water partition coefficient (Wildman–Crippen LogP) is -2.18. The zero-order chi connectivity index (χ0) is 19.0. The minimum Gasteiger partial charge on any atom is -0.508 e. The fraction of sp³-hybridized carbons (Fsp3) is 0.333. The fourth-order valence-electron chi connectivity index (χ4n) is 1.92. The summed E-state index contributed by atoms with van der Waals surface area (Å²) in [6.45, 7) is -0.495. The monoisotopic (exact) mass is 352 g/mol. The van der Waals surface area contributed by atoms with Crippen molar-refractivity contribution in [2.24, 2.45) is 11.5 Å². The van der Waals surface area contributed by atoms with Gasteiger partial charge in [0.05, 0.1) is 19.0 Å². The third-order valence-corrected chi connectivity index (χ3v) is 3.19. The van der Waals surface area contributed by atoms with Gasteiger partial charge in [0.1, 0.15) is 11.8 Å². The molecule has 136 valence electrons. The number of carboxylic acids is 1. The van der Waals surface area contributed by atoms with Crippen molar-refractivity contribution in [2.45, 2.75) is 24.9 Å². The summed E-state index contributed by atoms with van der Waals surface area (Å²) in [5, 5.41) is 22.4. The normalized spacial score (nSPS) is 12.7. The zero-order valence-electron chi connectivity index (χ0n) is 13.3. The number of aliphatic carboxylic acids is 1. The highest BCUT2D eigenvalue weighted by atomic mass is 16.4. The second-order valence-electron chi connectivity index (χ2n) is 5.32. The number of phenols is 1. The quantitative estimate of drug-likeness (QED) is 0.292. The summed E-state index contributed by atoms with van der Waals surface area (Å²) in [7, 11) is 0. The van der Waals surface area contributed by atoms with E-state index in [-0.39, 0.29) is 12.2 Å². The third kappa shape index (κ3) is 7.31. The Bertz CT molecular complexity index is 646. The molecule has 0 spiro atoms. The van der Waals surface area contributed by atoms with Crippen LogP contribution in [0.25, 0.3) is 0 Å². The highest BCUT2D eigenvalue weighted by Gasteiger charge is 2.22. The van der Waals surface area contributed by atoms with Crippen molar-refractivity contribution in [3.63, 3.8) is 0 Å². The molecule has 1 aromatic rings. The molecule has 0 bridgehead atoms. The first-order valence-corrected chi connectivity index (χ1v) is 7.30. The summed E-state index contributed by atoms with van der Waals surface area (Å²) < 4.78 is 0. The first-order chi connectivity index (χ1) is 11.7. The molecule has 0 aliphatic heterocycles. The Morgan fingerprint density at radius 3 is 2.24 bits per heavy atom. The molecule has 1 aromatic carbocycles. The molecule has 3 amide bonds. The van der Waals surface area contributed by atoms with E-state index in [2.05, 4.69) is 10.6 Å². The van der Waals surface area contributed by atoms with Gasteiger partial charge in [-0.2, -0.15) is 0 Å². The minimum atomic E-state index is -1.47. The van der Waals surface area contributed by atoms with Crippen LogP contribution >= 0.6 is 0 Å². The second kappa shape index (κ2) is 9.23. The highest BCUT2D eigenvalue weighted by Crippen LogP contribution is 2.10. The van der Waals surface area contributed by atoms with Crippen molar-refractivity contribution in [1.82, 2.24) is 10.6 Å². The number of carboxylic acid groups (broad SMARTS) is 1. The molecule has 0 aliphatic carbocycles. The molecule has 2 unspecified atom stereocenters. The van der Waals surface area contributed by atoms with Crippen LogP contribution in [-0.2, 0) is 25.6 Å². The third-order valence-electron chi connectivity index (χ3n) is 3.19. The van der Waals surface area contributed by atoms with Gasteiger partial charge in [-0.05, 0) is 24.1 Å². The number of hydrogen-bond acceptors (Lipinski definition) is 6. The number of nitrogens with two attached hydrogens (primary N) is 2. The molecule has 10 heteroatoms. The number of benzene rings is 1. The average molecular weight is 352 g/mol. The van der Waals surface area contributed by atoms with E-state index in [0.29, 0.717) is 0 Å². The standard InChI is InChI=1S/C15H20N4O6/c16-10(5-8-1-3-9(20)4-2-8)14(23)18-7-13(22)19-11(15(24)25)6-12(17)21/h1-4,10-11,20H,5-7,16H2,(H2,17,21)(H,18,23)(H,19,22)(H,24,25). The molecule has 0 aromatic heterocycles. The summed E-state index contributed by atoms with van der Waals surface area (Å²) in [6, 6.07) is 3.73. The molecule has 0 heterocycles. The topological polar surface area (TPSA) is 185 Å². The van der Waals surface area contributed by atoms with Gasteiger partial charge in [-0.15, -0.1) is 0 Å². The lowest BCUT2D eigenvalue weighted by molar-refractivity contribution is -0.143. The Hall–Kier alpha value is -3.14. The van der Waals surface area contributed by atoms with Crippen LogP contribution in [0.4, 0.5) is 0 Å². The fourth-order valence-corrected chi connectivity index (χ4v) is 1.92. The van der Waals surface area contributed by atoms with Gasteiger partial charge >= 0.3 is 5.97 Å². The molecule has 2 atom stereocenters. The Kier molecular flexibility index (Phi) is 7.35. The van der Waals surface area contributed by atoms with Gasteiger partial charge in [0, 0.05) is 0 Å². The van der Waals surface area contributed by atoms with E-state index in [9.17, 15) is 24.3 Å². The number of hydrogen-bond donors (Lipinski definition) is 6. The van der Waals surface area contributed by atoms with Crippen molar-refractivity contribution in [3.05, 3.63) is 29.8 Å². The van der Waals surface area contributed by atoms with Gasteiger partial charge < -0.3 is 32.3 Å². The van der Waals surface area contributed by atoms with Gasteiger partial charge in [-0.25, -0.2) is 4.79 Å². The summed E-state index contributed by atoms with van der Waals surface area (Å²) >= 11 is 0. The molecule has 1 rings (SSSR count). The first kappa shape index (κ1) is 19.9. The van der Waals surface area contributed by atoms with Crippen molar-refractivity contribution in [1.29, 1.82) is 0 Å². The molecule has 0 radical (unpaired) electrons. The lowest BCUT2D eigenvalue weighted by Gasteiger charge is -2.15. The minimum absolute atomic E-state index is 0.0855. The molecule has 0 saturated heterocycles. The van der Waals surface area contributed by atoms with E-state index in [1.807, 2.05) is 0 Å². The molecule has 8 N–H and O–H groups in total. The van der Waals surface area contributed by atoms with Gasteiger partial charge in [-0.3, -0.25) is 14.4 Å². The average Bonchev–Trinajstić information content (AvgIpc) is 2.53. The van der Waals surface area contributed by atoms with Crippen molar-refractivity contribution in [3.8, 4) is 5.75 Å². The Balaban J connectivity index is 2.45. The zero-order valence-corrected chi connectivity index (χ0v) is 13.3. The van der Waals surface area contributed by atoms with E-state index in [4.69, 9.17) is 16.6 Å². The van der Waals surface area contributed by atoms with Crippen LogP contribution in [0, 0.1) is 0 Å². The van der Waals surface area contributed by atoms with Gasteiger partial charge in [0.15, 0.2) is 0 Å². The van der Waals surface area contributed by atoms with E-state index in [1.165, 1.54) is 12.1 Å². The van der Waals surface area contributed by atoms with Crippen LogP contribution in [0.5, 0.6) is 5.75 Å². The van der Waals surface area contributed by atoms with Crippen molar-refractivity contribution < 1.29 is 29.4 Å². The van der Waals surface area contributed by atoms with Gasteiger partial charge in [0.2, 0.25) is 17.7 Å². The van der Waals surface area contributed by atoms with Crippen LogP contribution in [0.2, 0.25) is 0 Å². The largest absolute Gasteiger partial charge is 0.508 e. The number of primary amides is 1. The summed E-state index contributed by atoms with van der Waals surface area (Å²) in [5.41, 5.74) is 11.3. The first-order valence-electron chi connectivity index (χ1n) is 7.30. The number of rotatable bonds is 9. The number of amides is 3. The van der Waals surface area contributed by atoms with E-state index in [1.54, 1.807) is 12.1 Å². The van der Waals surface area contributed by atoms with Gasteiger partial charge in [0.25, 0.3) is 0 Å². The lowest BCUT2D eigenvalue weighted by atomic mass is 10.1. The maximum Gasteiger partial charge on any atom is 0.326 e. The Morgan fingerprint density at radius 1 is 1.12 bits per heavy atom. The van der Waals surface area contributed by atoms with Crippen LogP contribution in [0.3, 0.4) is 0 Å². The van der Waals surface area contributed by atoms with E-state index < -0.39 is 48.7 Å². The van der Waals surface area contributed by atoms with E-state index >= 15 is 0 Å².